The van der Waals surface area contributed by atoms with E-state index in [0.29, 0.717) is 6.04 Å². The van der Waals surface area contributed by atoms with E-state index in [-0.39, 0.29) is 0 Å². The second-order valence-corrected chi connectivity index (χ2v) is 5.74. The Morgan fingerprint density at radius 3 is 2.19 bits per heavy atom. The first-order valence-corrected chi connectivity index (χ1v) is 7.60. The van der Waals surface area contributed by atoms with Gasteiger partial charge in [0.1, 0.15) is 5.82 Å². The number of nitrogens with zero attached hydrogens (tertiary/aromatic N) is 4. The summed E-state index contributed by atoms with van der Waals surface area (Å²) in [6.45, 7) is 8.75. The van der Waals surface area contributed by atoms with Crippen LogP contribution in [0.1, 0.15) is 13.8 Å². The van der Waals surface area contributed by atoms with Gasteiger partial charge in [0, 0.05) is 37.8 Å². The van der Waals surface area contributed by atoms with E-state index < -0.39 is 0 Å². The molecule has 0 amide bonds. The summed E-state index contributed by atoms with van der Waals surface area (Å²) in [4.78, 5) is 14.0. The number of anilines is 1. The van der Waals surface area contributed by atoms with Gasteiger partial charge in [-0.3, -0.25) is 9.88 Å². The van der Waals surface area contributed by atoms with Crippen LogP contribution in [0.2, 0.25) is 0 Å². The van der Waals surface area contributed by atoms with Gasteiger partial charge >= 0.3 is 0 Å². The lowest BCUT2D eigenvalue weighted by molar-refractivity contribution is 0.209. The zero-order valence-corrected chi connectivity index (χ0v) is 12.7. The second kappa shape index (κ2) is 6.22. The number of piperazine rings is 1. The van der Waals surface area contributed by atoms with Gasteiger partial charge in [-0.1, -0.05) is 30.3 Å². The first-order chi connectivity index (χ1) is 10.2. The maximum Gasteiger partial charge on any atom is 0.147 e. The van der Waals surface area contributed by atoms with Gasteiger partial charge in [-0.25, -0.2) is 4.98 Å². The lowest BCUT2D eigenvalue weighted by Gasteiger charge is -2.37. The van der Waals surface area contributed by atoms with Crippen LogP contribution >= 0.6 is 0 Å². The zero-order chi connectivity index (χ0) is 14.7. The van der Waals surface area contributed by atoms with Crippen LogP contribution in [0.15, 0.2) is 42.7 Å². The minimum absolute atomic E-state index is 0.624. The average Bonchev–Trinajstić information content (AvgIpc) is 2.56. The molecule has 1 aromatic heterocycles. The van der Waals surface area contributed by atoms with Crippen molar-refractivity contribution in [3.63, 3.8) is 0 Å². The Balaban J connectivity index is 1.68. The molecular weight excluding hydrogens is 260 g/mol. The van der Waals surface area contributed by atoms with Crippen LogP contribution in [0.25, 0.3) is 11.3 Å². The normalized spacial score (nSPS) is 16.4. The van der Waals surface area contributed by atoms with Crippen LogP contribution in [0.3, 0.4) is 0 Å². The third-order valence-electron chi connectivity index (χ3n) is 4.08. The number of hydrogen-bond acceptors (Lipinski definition) is 4. The molecule has 1 aromatic carbocycles. The van der Waals surface area contributed by atoms with Crippen LogP contribution in [0.4, 0.5) is 5.82 Å². The van der Waals surface area contributed by atoms with Gasteiger partial charge in [-0.2, -0.15) is 0 Å². The molecule has 0 bridgehead atoms. The van der Waals surface area contributed by atoms with Gasteiger partial charge in [0.15, 0.2) is 0 Å². The van der Waals surface area contributed by atoms with Crippen molar-refractivity contribution < 1.29 is 0 Å². The molecular formula is C17H22N4. The fraction of sp³-hybridized carbons (Fsp3) is 0.412. The summed E-state index contributed by atoms with van der Waals surface area (Å²) in [5, 5.41) is 0. The third kappa shape index (κ3) is 3.22. The van der Waals surface area contributed by atoms with E-state index in [1.165, 1.54) is 0 Å². The van der Waals surface area contributed by atoms with E-state index in [4.69, 9.17) is 0 Å². The molecule has 0 saturated carbocycles. The van der Waals surface area contributed by atoms with Crippen LogP contribution in [-0.4, -0.2) is 47.1 Å². The molecule has 4 nitrogen and oxygen atoms in total. The zero-order valence-electron chi connectivity index (χ0n) is 12.7. The van der Waals surface area contributed by atoms with E-state index >= 15 is 0 Å². The molecule has 0 aliphatic carbocycles. The molecule has 2 aromatic rings. The van der Waals surface area contributed by atoms with Crippen molar-refractivity contribution in [1.29, 1.82) is 0 Å². The summed E-state index contributed by atoms with van der Waals surface area (Å²) in [5.74, 6) is 0.984. The highest BCUT2D eigenvalue weighted by molar-refractivity contribution is 5.58. The molecule has 0 unspecified atom stereocenters. The van der Waals surface area contributed by atoms with Gasteiger partial charge in [0.05, 0.1) is 18.1 Å². The van der Waals surface area contributed by atoms with Gasteiger partial charge in [-0.15, -0.1) is 0 Å². The summed E-state index contributed by atoms with van der Waals surface area (Å²) >= 11 is 0. The van der Waals surface area contributed by atoms with Crippen molar-refractivity contribution in [3.8, 4) is 11.3 Å². The fourth-order valence-electron chi connectivity index (χ4n) is 2.71. The Hall–Kier alpha value is -1.94. The first-order valence-electron chi connectivity index (χ1n) is 7.60. The Kier molecular flexibility index (Phi) is 4.15. The molecule has 21 heavy (non-hydrogen) atoms. The Bertz CT molecular complexity index is 557. The molecule has 1 saturated heterocycles. The van der Waals surface area contributed by atoms with E-state index in [9.17, 15) is 0 Å². The van der Waals surface area contributed by atoms with Gasteiger partial charge in [0.25, 0.3) is 0 Å². The maximum absolute atomic E-state index is 4.59. The van der Waals surface area contributed by atoms with Crippen LogP contribution < -0.4 is 4.90 Å². The molecule has 0 atom stereocenters. The van der Waals surface area contributed by atoms with Crippen LogP contribution in [0.5, 0.6) is 0 Å². The first kappa shape index (κ1) is 14.0. The monoisotopic (exact) mass is 282 g/mol. The van der Waals surface area contributed by atoms with E-state index in [0.717, 1.165) is 43.3 Å². The third-order valence-corrected chi connectivity index (χ3v) is 4.08. The fourth-order valence-corrected chi connectivity index (χ4v) is 2.71. The summed E-state index contributed by atoms with van der Waals surface area (Å²) in [6, 6.07) is 10.8. The lowest BCUT2D eigenvalue weighted by Crippen LogP contribution is -2.49. The maximum atomic E-state index is 4.59. The quantitative estimate of drug-likeness (QED) is 0.866. The van der Waals surface area contributed by atoms with Gasteiger partial charge < -0.3 is 4.90 Å². The molecule has 0 N–H and O–H groups in total. The topological polar surface area (TPSA) is 32.3 Å². The predicted molar refractivity (Wildman–Crippen MR) is 86.4 cm³/mol. The van der Waals surface area contributed by atoms with Gasteiger partial charge in [0.2, 0.25) is 0 Å². The van der Waals surface area contributed by atoms with E-state index in [1.807, 2.05) is 30.6 Å². The van der Waals surface area contributed by atoms with Crippen molar-refractivity contribution in [2.24, 2.45) is 0 Å². The van der Waals surface area contributed by atoms with Gasteiger partial charge in [-0.05, 0) is 13.8 Å². The predicted octanol–water partition coefficient (Wildman–Crippen LogP) is 2.67. The highest BCUT2D eigenvalue weighted by Crippen LogP contribution is 2.18. The Morgan fingerprint density at radius 1 is 0.905 bits per heavy atom. The molecule has 0 radical (unpaired) electrons. The molecule has 1 aliphatic rings. The summed E-state index contributed by atoms with van der Waals surface area (Å²) in [5.41, 5.74) is 2.04. The summed E-state index contributed by atoms with van der Waals surface area (Å²) < 4.78 is 0. The molecule has 110 valence electrons. The number of benzene rings is 1. The van der Waals surface area contributed by atoms with E-state index in [2.05, 4.69) is 45.7 Å². The molecule has 2 heterocycles. The lowest BCUT2D eigenvalue weighted by atomic mass is 10.2. The van der Waals surface area contributed by atoms with Crippen molar-refractivity contribution >= 4 is 5.82 Å². The molecule has 0 spiro atoms. The summed E-state index contributed by atoms with van der Waals surface area (Å²) in [6.07, 6.45) is 3.77. The highest BCUT2D eigenvalue weighted by atomic mass is 15.3. The molecule has 1 fully saturated rings. The standard InChI is InChI=1S/C17H22N4/c1-14(2)20-8-10-21(11-9-20)17-13-18-16(12-19-17)15-6-4-3-5-7-15/h3-7,12-14H,8-11H2,1-2H3. The highest BCUT2D eigenvalue weighted by Gasteiger charge is 2.19. The SMILES string of the molecule is CC(C)N1CCN(c2cnc(-c3ccccc3)cn2)CC1. The molecule has 3 rings (SSSR count). The number of aromatic nitrogens is 2. The molecule has 4 heteroatoms. The second-order valence-electron chi connectivity index (χ2n) is 5.74. The Labute approximate surface area is 126 Å². The summed E-state index contributed by atoms with van der Waals surface area (Å²) in [7, 11) is 0. The minimum Gasteiger partial charge on any atom is -0.353 e. The minimum atomic E-state index is 0.624. The van der Waals surface area contributed by atoms with E-state index in [1.54, 1.807) is 0 Å². The van der Waals surface area contributed by atoms with Crippen LogP contribution in [-0.2, 0) is 0 Å². The molecule has 1 aliphatic heterocycles. The number of rotatable bonds is 3. The smallest absolute Gasteiger partial charge is 0.147 e. The van der Waals surface area contributed by atoms with Crippen molar-refractivity contribution in [1.82, 2.24) is 14.9 Å². The van der Waals surface area contributed by atoms with Crippen molar-refractivity contribution in [2.75, 3.05) is 31.1 Å². The van der Waals surface area contributed by atoms with Crippen molar-refractivity contribution in [3.05, 3.63) is 42.7 Å². The average molecular weight is 282 g/mol. The van der Waals surface area contributed by atoms with Crippen molar-refractivity contribution in [2.45, 2.75) is 19.9 Å². The largest absolute Gasteiger partial charge is 0.353 e. The van der Waals surface area contributed by atoms with Crippen LogP contribution in [0, 0.1) is 0 Å². The number of hydrogen-bond donors (Lipinski definition) is 0. The Morgan fingerprint density at radius 2 is 1.62 bits per heavy atom.